The van der Waals surface area contributed by atoms with Crippen LogP contribution in [0.2, 0.25) is 0 Å². The van der Waals surface area contributed by atoms with Crippen molar-refractivity contribution in [1.82, 2.24) is 14.8 Å². The summed E-state index contributed by atoms with van der Waals surface area (Å²) in [4.78, 5) is 15.7. The SMILES string of the molecule is CC(C)(CCl)C(OC(=O)CCl)C(Oc1cccc(C(F)(F)F)c1)n1cncn1. The van der Waals surface area contributed by atoms with Crippen molar-refractivity contribution in [2.24, 2.45) is 5.41 Å². The maximum atomic E-state index is 13.0. The van der Waals surface area contributed by atoms with Crippen LogP contribution in [0.4, 0.5) is 13.2 Å². The van der Waals surface area contributed by atoms with E-state index in [9.17, 15) is 18.0 Å². The van der Waals surface area contributed by atoms with Gasteiger partial charge in [0, 0.05) is 11.3 Å². The largest absolute Gasteiger partial charge is 0.465 e. The summed E-state index contributed by atoms with van der Waals surface area (Å²) in [6, 6.07) is 4.33. The fourth-order valence-corrected chi connectivity index (χ4v) is 2.56. The Kier molecular flexibility index (Phi) is 7.16. The molecule has 0 fully saturated rings. The van der Waals surface area contributed by atoms with Gasteiger partial charge in [-0.25, -0.2) is 9.67 Å². The third-order valence-electron chi connectivity index (χ3n) is 3.86. The van der Waals surface area contributed by atoms with Crippen molar-refractivity contribution in [2.75, 3.05) is 11.8 Å². The molecule has 0 aliphatic carbocycles. The smallest absolute Gasteiger partial charge is 0.416 e. The van der Waals surface area contributed by atoms with Gasteiger partial charge in [0.1, 0.15) is 24.3 Å². The van der Waals surface area contributed by atoms with Gasteiger partial charge in [0.2, 0.25) is 6.23 Å². The van der Waals surface area contributed by atoms with E-state index in [2.05, 4.69) is 10.1 Å². The molecule has 2 atom stereocenters. The number of aromatic nitrogens is 3. The van der Waals surface area contributed by atoms with Crippen molar-refractivity contribution in [3.63, 3.8) is 0 Å². The van der Waals surface area contributed by atoms with E-state index >= 15 is 0 Å². The lowest BCUT2D eigenvalue weighted by molar-refractivity contribution is -0.165. The highest BCUT2D eigenvalue weighted by Gasteiger charge is 2.42. The van der Waals surface area contributed by atoms with Crippen LogP contribution < -0.4 is 4.74 Å². The second-order valence-corrected chi connectivity index (χ2v) is 7.11. The summed E-state index contributed by atoms with van der Waals surface area (Å²) in [7, 11) is 0. The summed E-state index contributed by atoms with van der Waals surface area (Å²) >= 11 is 11.6. The molecule has 0 saturated heterocycles. The van der Waals surface area contributed by atoms with E-state index in [1.165, 1.54) is 29.5 Å². The number of esters is 1. The monoisotopic (exact) mass is 439 g/mol. The maximum absolute atomic E-state index is 13.0. The highest BCUT2D eigenvalue weighted by atomic mass is 35.5. The van der Waals surface area contributed by atoms with Crippen LogP contribution in [-0.2, 0) is 15.7 Å². The second-order valence-electron chi connectivity index (χ2n) is 6.58. The van der Waals surface area contributed by atoms with Crippen LogP contribution in [0.3, 0.4) is 0 Å². The van der Waals surface area contributed by atoms with Crippen molar-refractivity contribution in [3.05, 3.63) is 42.5 Å². The zero-order valence-electron chi connectivity index (χ0n) is 15.0. The molecule has 2 aromatic rings. The molecular formula is C17H18Cl2F3N3O3. The van der Waals surface area contributed by atoms with Crippen LogP contribution in [0.25, 0.3) is 0 Å². The Morgan fingerprint density at radius 3 is 2.54 bits per heavy atom. The Labute approximate surface area is 169 Å². The summed E-state index contributed by atoms with van der Waals surface area (Å²) in [5.74, 6) is -1.18. The topological polar surface area (TPSA) is 66.2 Å². The van der Waals surface area contributed by atoms with Crippen LogP contribution in [0.15, 0.2) is 36.9 Å². The number of rotatable bonds is 8. The summed E-state index contributed by atoms with van der Waals surface area (Å²) in [5, 5.41) is 3.98. The fourth-order valence-electron chi connectivity index (χ4n) is 2.34. The molecule has 0 spiro atoms. The van der Waals surface area contributed by atoms with Crippen molar-refractivity contribution in [2.45, 2.75) is 32.4 Å². The van der Waals surface area contributed by atoms with Gasteiger partial charge in [-0.05, 0) is 18.2 Å². The molecule has 11 heteroatoms. The molecule has 154 valence electrons. The van der Waals surface area contributed by atoms with Crippen LogP contribution in [0.1, 0.15) is 25.6 Å². The minimum atomic E-state index is -4.54. The Balaban J connectivity index is 2.45. The van der Waals surface area contributed by atoms with E-state index in [0.29, 0.717) is 0 Å². The highest BCUT2D eigenvalue weighted by molar-refractivity contribution is 6.26. The van der Waals surface area contributed by atoms with Crippen molar-refractivity contribution >= 4 is 29.2 Å². The molecule has 1 aromatic carbocycles. The molecule has 0 amide bonds. The summed E-state index contributed by atoms with van der Waals surface area (Å²) in [5.41, 5.74) is -1.71. The van der Waals surface area contributed by atoms with Gasteiger partial charge in [-0.1, -0.05) is 19.9 Å². The first-order chi connectivity index (χ1) is 13.1. The average molecular weight is 440 g/mol. The Hall–Kier alpha value is -2.00. The summed E-state index contributed by atoms with van der Waals surface area (Å²) < 4.78 is 51.5. The van der Waals surface area contributed by atoms with E-state index in [-0.39, 0.29) is 11.6 Å². The van der Waals surface area contributed by atoms with Crippen LogP contribution in [0, 0.1) is 5.41 Å². The number of hydrogen-bond donors (Lipinski definition) is 0. The van der Waals surface area contributed by atoms with Crippen LogP contribution in [0.5, 0.6) is 5.75 Å². The minimum absolute atomic E-state index is 0.0599. The fraction of sp³-hybridized carbons (Fsp3) is 0.471. The first-order valence-corrected chi connectivity index (χ1v) is 9.15. The van der Waals surface area contributed by atoms with Crippen molar-refractivity contribution in [3.8, 4) is 5.75 Å². The molecule has 1 aromatic heterocycles. The quantitative estimate of drug-likeness (QED) is 0.453. The van der Waals surface area contributed by atoms with E-state index in [1.54, 1.807) is 13.8 Å². The van der Waals surface area contributed by atoms with Crippen LogP contribution in [-0.4, -0.2) is 38.6 Å². The van der Waals surface area contributed by atoms with Gasteiger partial charge in [0.25, 0.3) is 0 Å². The number of ether oxygens (including phenoxy) is 2. The zero-order valence-corrected chi connectivity index (χ0v) is 16.5. The van der Waals surface area contributed by atoms with Gasteiger partial charge >= 0.3 is 12.1 Å². The Morgan fingerprint density at radius 2 is 2.00 bits per heavy atom. The molecular weight excluding hydrogens is 422 g/mol. The van der Waals surface area contributed by atoms with E-state index in [1.807, 2.05) is 0 Å². The maximum Gasteiger partial charge on any atom is 0.416 e. The Bertz CT molecular complexity index is 785. The van der Waals surface area contributed by atoms with Crippen molar-refractivity contribution < 1.29 is 27.4 Å². The molecule has 0 aliphatic rings. The number of halogens is 5. The van der Waals surface area contributed by atoms with Gasteiger partial charge < -0.3 is 9.47 Å². The number of alkyl halides is 5. The van der Waals surface area contributed by atoms with Gasteiger partial charge in [-0.15, -0.1) is 23.2 Å². The minimum Gasteiger partial charge on any atom is -0.465 e. The molecule has 6 nitrogen and oxygen atoms in total. The molecule has 0 aliphatic heterocycles. The third kappa shape index (κ3) is 5.51. The highest BCUT2D eigenvalue weighted by Crippen LogP contribution is 2.36. The molecule has 2 rings (SSSR count). The van der Waals surface area contributed by atoms with Crippen LogP contribution >= 0.6 is 23.2 Å². The lowest BCUT2D eigenvalue weighted by Crippen LogP contribution is -2.45. The molecule has 0 N–H and O–H groups in total. The molecule has 0 bridgehead atoms. The first-order valence-electron chi connectivity index (χ1n) is 8.08. The number of carbonyl (C=O) groups excluding carboxylic acids is 1. The number of carbonyl (C=O) groups is 1. The Morgan fingerprint density at radius 1 is 1.29 bits per heavy atom. The lowest BCUT2D eigenvalue weighted by Gasteiger charge is -2.37. The summed E-state index contributed by atoms with van der Waals surface area (Å²) in [6.45, 7) is 3.43. The predicted molar refractivity (Wildman–Crippen MR) is 96.2 cm³/mol. The van der Waals surface area contributed by atoms with Gasteiger partial charge in [-0.2, -0.15) is 18.3 Å². The van der Waals surface area contributed by atoms with E-state index < -0.39 is 41.3 Å². The number of benzene rings is 1. The summed E-state index contributed by atoms with van der Waals surface area (Å²) in [6.07, 6.45) is -4.18. The number of hydrogen-bond acceptors (Lipinski definition) is 5. The molecule has 1 heterocycles. The third-order valence-corrected chi connectivity index (χ3v) is 4.76. The zero-order chi connectivity index (χ0) is 20.9. The average Bonchev–Trinajstić information content (AvgIpc) is 3.18. The first kappa shape index (κ1) is 22.3. The van der Waals surface area contributed by atoms with Gasteiger partial charge in [-0.3, -0.25) is 4.79 Å². The van der Waals surface area contributed by atoms with E-state index in [0.717, 1.165) is 12.1 Å². The molecule has 0 saturated carbocycles. The molecule has 2 unspecified atom stereocenters. The predicted octanol–water partition coefficient (Wildman–Crippen LogP) is 4.29. The second kappa shape index (κ2) is 9.00. The standard InChI is InChI=1S/C17H18Cl2F3N3O3/c1-16(2,8-19)14(28-13(26)7-18)15(25-10-23-9-24-25)27-12-5-3-4-11(6-12)17(20,21)22/h3-6,9-10,14-15H,7-8H2,1-2H3. The normalized spacial score (nSPS) is 14.4. The van der Waals surface area contributed by atoms with Crippen molar-refractivity contribution in [1.29, 1.82) is 0 Å². The van der Waals surface area contributed by atoms with Gasteiger partial charge in [0.05, 0.1) is 5.56 Å². The van der Waals surface area contributed by atoms with Gasteiger partial charge in [0.15, 0.2) is 6.10 Å². The molecule has 28 heavy (non-hydrogen) atoms. The lowest BCUT2D eigenvalue weighted by atomic mass is 9.87. The number of nitrogens with zero attached hydrogens (tertiary/aromatic N) is 3. The van der Waals surface area contributed by atoms with E-state index in [4.69, 9.17) is 32.7 Å². The molecule has 0 radical (unpaired) electrons.